The lowest BCUT2D eigenvalue weighted by Crippen LogP contribution is -3.15. The van der Waals surface area contributed by atoms with E-state index in [9.17, 15) is 18.0 Å². The van der Waals surface area contributed by atoms with Crippen LogP contribution in [0.5, 0.6) is 0 Å². The first-order valence-electron chi connectivity index (χ1n) is 12.9. The molecule has 1 aliphatic rings. The summed E-state index contributed by atoms with van der Waals surface area (Å²) in [5.41, 5.74) is 3.28. The van der Waals surface area contributed by atoms with Crippen molar-refractivity contribution >= 4 is 35.1 Å². The molecular weight excluding hydrogens is 582 g/mol. The normalized spacial score (nSPS) is 16.0. The Morgan fingerprint density at radius 3 is 2.07 bits per heavy atom. The fourth-order valence-electron chi connectivity index (χ4n) is 4.66. The topological polar surface area (TPSA) is 97.0 Å². The van der Waals surface area contributed by atoms with E-state index in [0.717, 1.165) is 30.6 Å². The quantitative estimate of drug-likeness (QED) is 0.409. The highest BCUT2D eigenvalue weighted by Gasteiger charge is 2.36. The zero-order valence-corrected chi connectivity index (χ0v) is 23.7. The second-order valence-electron chi connectivity index (χ2n) is 9.61. The average molecular weight is 613 g/mol. The highest BCUT2D eigenvalue weighted by atomic mass is 35.5. The Hall–Kier alpha value is -3.18. The predicted octanol–water partition coefficient (Wildman–Crippen LogP) is 2.59. The van der Waals surface area contributed by atoms with Gasteiger partial charge in [-0.1, -0.05) is 47.5 Å². The van der Waals surface area contributed by atoms with Crippen LogP contribution in [0.25, 0.3) is 0 Å². The fraction of sp³-hybridized carbons (Fsp3) is 0.345. The van der Waals surface area contributed by atoms with Gasteiger partial charge in [0.1, 0.15) is 19.1 Å². The number of quaternary nitrogens is 1. The van der Waals surface area contributed by atoms with Crippen molar-refractivity contribution in [2.45, 2.75) is 37.5 Å². The predicted molar refractivity (Wildman–Crippen MR) is 145 cm³/mol. The number of pyridine rings is 1. The van der Waals surface area contributed by atoms with Crippen LogP contribution in [0.3, 0.4) is 0 Å². The van der Waals surface area contributed by atoms with Gasteiger partial charge in [0.05, 0.1) is 18.8 Å². The first kappa shape index (κ1) is 32.3. The minimum Gasteiger partial charge on any atom is -0.542 e. The van der Waals surface area contributed by atoms with Crippen LogP contribution in [0.1, 0.15) is 35.6 Å². The number of hydrogen-bond acceptors (Lipinski definition) is 4. The summed E-state index contributed by atoms with van der Waals surface area (Å²) in [6, 6.07) is 19.3. The van der Waals surface area contributed by atoms with E-state index in [2.05, 4.69) is 17.2 Å². The third kappa shape index (κ3) is 10.00. The molecule has 0 radical (unpaired) electrons. The van der Waals surface area contributed by atoms with Crippen LogP contribution in [0.15, 0.2) is 73.1 Å². The number of carbonyl (C=O) groups is 2. The maximum Gasteiger partial charge on any atom is 0.430 e. The number of hydrogen-bond donors (Lipinski definition) is 2. The van der Waals surface area contributed by atoms with Crippen LogP contribution in [-0.4, -0.2) is 50.4 Å². The van der Waals surface area contributed by atoms with Crippen molar-refractivity contribution in [2.75, 3.05) is 26.3 Å². The molecule has 220 valence electrons. The number of H-pyrrole nitrogens is 1. The highest BCUT2D eigenvalue weighted by molar-refractivity contribution is 6.30. The molecule has 2 heterocycles. The average Bonchev–Trinajstić information content (AvgIpc) is 2.94. The summed E-state index contributed by atoms with van der Waals surface area (Å²) in [6.45, 7) is 5.00. The van der Waals surface area contributed by atoms with Crippen molar-refractivity contribution in [3.05, 3.63) is 99.8 Å². The molecule has 1 aliphatic heterocycles. The van der Waals surface area contributed by atoms with Crippen LogP contribution in [0, 0.1) is 0 Å². The third-order valence-corrected chi connectivity index (χ3v) is 7.25. The van der Waals surface area contributed by atoms with Gasteiger partial charge >= 0.3 is 6.18 Å². The Balaban J connectivity index is 0.000000587. The van der Waals surface area contributed by atoms with E-state index in [1.165, 1.54) is 10.5 Å². The molecule has 4 rings (SSSR count). The van der Waals surface area contributed by atoms with E-state index in [-0.39, 0.29) is 23.9 Å². The molecular formula is C29H31Cl2F3N3O4+. The number of carboxylic acids is 1. The summed E-state index contributed by atoms with van der Waals surface area (Å²) < 4.78 is 37.1. The van der Waals surface area contributed by atoms with Crippen molar-refractivity contribution < 1.29 is 42.5 Å². The monoisotopic (exact) mass is 612 g/mol. The molecule has 0 bridgehead atoms. The Morgan fingerprint density at radius 1 is 1.00 bits per heavy atom. The van der Waals surface area contributed by atoms with E-state index in [1.54, 1.807) is 0 Å². The summed E-state index contributed by atoms with van der Waals surface area (Å²) in [5, 5.41) is 13.5. The molecule has 3 aromatic rings. The summed E-state index contributed by atoms with van der Waals surface area (Å²) >= 11 is 12.2. The molecule has 1 unspecified atom stereocenters. The molecule has 1 saturated heterocycles. The minimum atomic E-state index is -5.19. The lowest BCUT2D eigenvalue weighted by atomic mass is 9.86. The number of benzene rings is 2. The zero-order chi connectivity index (χ0) is 30.0. The molecule has 0 aliphatic carbocycles. The van der Waals surface area contributed by atoms with Gasteiger partial charge in [-0.15, -0.1) is 0 Å². The molecule has 1 aromatic heterocycles. The number of carboxylic acid groups (broad SMARTS) is 1. The van der Waals surface area contributed by atoms with Crippen LogP contribution in [-0.2, 0) is 20.7 Å². The maximum atomic E-state index is 13.7. The molecule has 0 saturated carbocycles. The van der Waals surface area contributed by atoms with E-state index >= 15 is 0 Å². The van der Waals surface area contributed by atoms with E-state index in [1.807, 2.05) is 73.1 Å². The number of morpholine rings is 1. The van der Waals surface area contributed by atoms with Gasteiger partial charge in [-0.05, 0) is 54.8 Å². The summed E-state index contributed by atoms with van der Waals surface area (Å²) in [4.78, 5) is 26.9. The molecule has 7 nitrogen and oxygen atoms in total. The van der Waals surface area contributed by atoms with Crippen molar-refractivity contribution in [1.82, 2.24) is 5.32 Å². The van der Waals surface area contributed by atoms with Crippen molar-refractivity contribution in [2.24, 2.45) is 0 Å². The number of carbonyl (C=O) groups excluding carboxylic acids is 2. The van der Waals surface area contributed by atoms with E-state index in [4.69, 9.17) is 37.8 Å². The van der Waals surface area contributed by atoms with Crippen molar-refractivity contribution in [3.8, 4) is 0 Å². The number of alkyl halides is 3. The van der Waals surface area contributed by atoms with Crippen LogP contribution in [0.2, 0.25) is 10.0 Å². The Labute approximate surface area is 246 Å². The zero-order valence-electron chi connectivity index (χ0n) is 22.2. The Kier molecular flexibility index (Phi) is 12.0. The molecule has 12 heteroatoms. The minimum absolute atomic E-state index is 0.0269. The van der Waals surface area contributed by atoms with E-state index in [0.29, 0.717) is 23.3 Å². The first-order valence-corrected chi connectivity index (χ1v) is 13.7. The number of amides is 1. The number of rotatable bonds is 8. The molecule has 3 atom stereocenters. The number of nitrogens with one attached hydrogen (secondary N) is 3. The van der Waals surface area contributed by atoms with Crippen LogP contribution in [0.4, 0.5) is 13.2 Å². The third-order valence-electron chi connectivity index (χ3n) is 6.74. The van der Waals surface area contributed by atoms with Gasteiger partial charge in [-0.3, -0.25) is 4.79 Å². The molecule has 1 amide bonds. The van der Waals surface area contributed by atoms with Crippen molar-refractivity contribution in [3.63, 3.8) is 0 Å². The summed E-state index contributed by atoms with van der Waals surface area (Å²) in [5.74, 6) is -2.91. The molecule has 1 fully saturated rings. The number of aromatic nitrogens is 1. The number of aromatic amines is 1. The Bertz CT molecular complexity index is 1260. The lowest BCUT2D eigenvalue weighted by Gasteiger charge is -2.32. The lowest BCUT2D eigenvalue weighted by molar-refractivity contribution is -0.929. The maximum absolute atomic E-state index is 13.7. The molecule has 3 N–H and O–H groups in total. The van der Waals surface area contributed by atoms with Crippen LogP contribution >= 0.6 is 23.2 Å². The Morgan fingerprint density at radius 2 is 1.56 bits per heavy atom. The molecule has 41 heavy (non-hydrogen) atoms. The van der Waals surface area contributed by atoms with Gasteiger partial charge in [-0.25, -0.2) is 4.98 Å². The van der Waals surface area contributed by atoms with E-state index < -0.39 is 12.1 Å². The van der Waals surface area contributed by atoms with Gasteiger partial charge < -0.3 is 24.9 Å². The molecule has 0 spiro atoms. The SMILES string of the molecule is C[C@@H](NC(=O)C(c1ccc[nH+]c1)[NH+]1CCOCC1)[C@H](Cc1ccc(Cl)cc1)c1ccc(Cl)cc1.O=C([O-])C(F)(F)F. The first-order chi connectivity index (χ1) is 19.5. The van der Waals surface area contributed by atoms with Gasteiger partial charge in [0.15, 0.2) is 18.4 Å². The smallest absolute Gasteiger partial charge is 0.430 e. The second-order valence-corrected chi connectivity index (χ2v) is 10.5. The number of halogens is 5. The summed E-state index contributed by atoms with van der Waals surface area (Å²) in [6.07, 6.45) is -0.644. The van der Waals surface area contributed by atoms with Gasteiger partial charge in [0, 0.05) is 28.1 Å². The largest absolute Gasteiger partial charge is 0.542 e. The van der Waals surface area contributed by atoms with Gasteiger partial charge in [0.25, 0.3) is 5.91 Å². The fourth-order valence-corrected chi connectivity index (χ4v) is 4.91. The van der Waals surface area contributed by atoms with Crippen LogP contribution < -0.4 is 20.3 Å². The standard InChI is InChI=1S/C27H29Cl2N3O2.C2HF3O2/c1-19(25(21-6-10-24(29)11-7-21)17-20-4-8-23(28)9-5-20)31-27(33)26(22-3-2-12-30-18-22)32-13-15-34-16-14-32;3-2(4,5)1(6)7/h2-12,18-19,25-26H,13-17H2,1H3,(H,31,33);(H,6,7)/p+1/t19-,25+,26?;/m1./s1. The van der Waals surface area contributed by atoms with Gasteiger partial charge in [0.2, 0.25) is 0 Å². The summed E-state index contributed by atoms with van der Waals surface area (Å²) in [7, 11) is 0. The molecule has 2 aromatic carbocycles. The highest BCUT2D eigenvalue weighted by Crippen LogP contribution is 2.27. The van der Waals surface area contributed by atoms with Crippen molar-refractivity contribution in [1.29, 1.82) is 0 Å². The second kappa shape index (κ2) is 15.2. The number of ether oxygens (including phenoxy) is 1. The van der Waals surface area contributed by atoms with Gasteiger partial charge in [-0.2, -0.15) is 13.2 Å². The number of aliphatic carboxylic acids is 1.